The molecule has 1 aliphatic carbocycles. The molecule has 9 heteroatoms. The van der Waals surface area contributed by atoms with Crippen molar-refractivity contribution in [2.24, 2.45) is 7.05 Å². The third-order valence-corrected chi connectivity index (χ3v) is 5.55. The van der Waals surface area contributed by atoms with Gasteiger partial charge in [-0.3, -0.25) is 5.32 Å². The quantitative estimate of drug-likeness (QED) is 0.426. The van der Waals surface area contributed by atoms with Crippen molar-refractivity contribution in [2.45, 2.75) is 38.8 Å². The van der Waals surface area contributed by atoms with Gasteiger partial charge in [-0.2, -0.15) is 10.1 Å². The van der Waals surface area contributed by atoms with Gasteiger partial charge >= 0.3 is 12.1 Å². The van der Waals surface area contributed by atoms with E-state index < -0.39 is 6.09 Å². The molecule has 4 aromatic rings. The molecule has 0 bridgehead atoms. The molecule has 1 amide bonds. The summed E-state index contributed by atoms with van der Waals surface area (Å²) in [6.45, 7) is 3.62. The Labute approximate surface area is 191 Å². The number of rotatable bonds is 6. The van der Waals surface area contributed by atoms with Gasteiger partial charge in [0.15, 0.2) is 0 Å². The molecule has 0 aliphatic heterocycles. The first-order chi connectivity index (χ1) is 15.9. The van der Waals surface area contributed by atoms with Crippen LogP contribution >= 0.6 is 0 Å². The van der Waals surface area contributed by atoms with E-state index in [-0.39, 0.29) is 6.10 Å². The minimum Gasteiger partial charge on any atom is -0.447 e. The first-order valence-corrected chi connectivity index (χ1v) is 10.9. The Hall–Kier alpha value is -4.01. The molecular weight excluding hydrogens is 420 g/mol. The van der Waals surface area contributed by atoms with Crippen molar-refractivity contribution in [2.75, 3.05) is 11.1 Å². The molecule has 0 saturated heterocycles. The maximum Gasteiger partial charge on any atom is 0.411 e. The monoisotopic (exact) mass is 446 g/mol. The lowest BCUT2D eigenvalue weighted by Crippen LogP contribution is -2.17. The van der Waals surface area contributed by atoms with Crippen LogP contribution in [0.1, 0.15) is 32.7 Å². The predicted octanol–water partition coefficient (Wildman–Crippen LogP) is 5.10. The van der Waals surface area contributed by atoms with E-state index in [2.05, 4.69) is 20.0 Å². The van der Waals surface area contributed by atoms with Gasteiger partial charge in [0, 0.05) is 35.8 Å². The Kier molecular flexibility index (Phi) is 5.16. The lowest BCUT2D eigenvalue weighted by atomic mass is 10.1. The minimum absolute atomic E-state index is 0.180. The van der Waals surface area contributed by atoms with Crippen LogP contribution in [0.15, 0.2) is 48.8 Å². The SMILES string of the molecule is CC(C)OC(=O)Nc1ccc(-c2c(N)c3ccc(Oc4ncnn4C)cc3n2C2CC2)cc1. The molecule has 2 aromatic carbocycles. The van der Waals surface area contributed by atoms with Crippen molar-refractivity contribution in [1.29, 1.82) is 0 Å². The highest BCUT2D eigenvalue weighted by atomic mass is 16.6. The van der Waals surface area contributed by atoms with E-state index in [0.29, 0.717) is 23.5 Å². The van der Waals surface area contributed by atoms with Crippen molar-refractivity contribution < 1.29 is 14.3 Å². The highest BCUT2D eigenvalue weighted by Gasteiger charge is 2.30. The van der Waals surface area contributed by atoms with Gasteiger partial charge in [-0.25, -0.2) is 9.48 Å². The van der Waals surface area contributed by atoms with E-state index in [0.717, 1.165) is 40.7 Å². The second kappa shape index (κ2) is 8.16. The van der Waals surface area contributed by atoms with E-state index in [1.54, 1.807) is 11.7 Å². The first kappa shape index (κ1) is 20.9. The molecule has 2 aromatic heterocycles. The van der Waals surface area contributed by atoms with Crippen LogP contribution in [0.2, 0.25) is 0 Å². The fraction of sp³-hybridized carbons (Fsp3) is 0.292. The van der Waals surface area contributed by atoms with Crippen LogP contribution in [0.4, 0.5) is 16.2 Å². The van der Waals surface area contributed by atoms with Crippen LogP contribution in [-0.2, 0) is 11.8 Å². The predicted molar refractivity (Wildman–Crippen MR) is 126 cm³/mol. The molecule has 170 valence electrons. The first-order valence-electron chi connectivity index (χ1n) is 10.9. The minimum atomic E-state index is -0.472. The summed E-state index contributed by atoms with van der Waals surface area (Å²) >= 11 is 0. The summed E-state index contributed by atoms with van der Waals surface area (Å²) in [6.07, 6.45) is 3.01. The molecule has 2 heterocycles. The molecule has 0 radical (unpaired) electrons. The molecule has 0 spiro atoms. The van der Waals surface area contributed by atoms with Gasteiger partial charge in [0.05, 0.1) is 23.0 Å². The number of nitrogens with one attached hydrogen (secondary N) is 1. The number of amides is 1. The van der Waals surface area contributed by atoms with E-state index >= 15 is 0 Å². The third kappa shape index (κ3) is 4.09. The molecule has 5 rings (SSSR count). The Morgan fingerprint density at radius 1 is 1.18 bits per heavy atom. The second-order valence-electron chi connectivity index (χ2n) is 8.47. The highest BCUT2D eigenvalue weighted by Crippen LogP contribution is 2.47. The summed E-state index contributed by atoms with van der Waals surface area (Å²) in [5, 5.41) is 7.77. The maximum absolute atomic E-state index is 11.9. The summed E-state index contributed by atoms with van der Waals surface area (Å²) in [5.74, 6) is 0.674. The van der Waals surface area contributed by atoms with Crippen LogP contribution in [-0.4, -0.2) is 31.5 Å². The smallest absolute Gasteiger partial charge is 0.411 e. The standard InChI is InChI=1S/C24H26N6O3/c1-14(2)32-24(31)28-16-6-4-15(5-7-16)22-21(25)19-11-10-18(33-23-26-13-27-29(23)3)12-20(19)30(22)17-8-9-17/h4-7,10-14,17H,8-9,25H2,1-3H3,(H,28,31). The van der Waals surface area contributed by atoms with E-state index in [1.165, 1.54) is 6.33 Å². The number of benzene rings is 2. The molecule has 3 N–H and O–H groups in total. The van der Waals surface area contributed by atoms with E-state index in [9.17, 15) is 4.79 Å². The molecule has 1 fully saturated rings. The van der Waals surface area contributed by atoms with Crippen LogP contribution < -0.4 is 15.8 Å². The Balaban J connectivity index is 1.50. The summed E-state index contributed by atoms with van der Waals surface area (Å²) in [4.78, 5) is 16.0. The third-order valence-electron chi connectivity index (χ3n) is 5.55. The highest BCUT2D eigenvalue weighted by molar-refractivity contribution is 6.02. The molecule has 1 saturated carbocycles. The molecular formula is C24H26N6O3. The fourth-order valence-electron chi connectivity index (χ4n) is 3.94. The summed E-state index contributed by atoms with van der Waals surface area (Å²) in [6, 6.07) is 14.3. The summed E-state index contributed by atoms with van der Waals surface area (Å²) < 4.78 is 15.0. The number of nitrogen functional groups attached to an aromatic ring is 1. The number of carbonyl (C=O) groups is 1. The second-order valence-corrected chi connectivity index (χ2v) is 8.47. The average molecular weight is 447 g/mol. The molecule has 1 aliphatic rings. The topological polar surface area (TPSA) is 109 Å². The number of aryl methyl sites for hydroxylation is 1. The summed E-state index contributed by atoms with van der Waals surface area (Å²) in [5.41, 5.74) is 11.0. The number of nitrogens with zero attached hydrogens (tertiary/aromatic N) is 4. The van der Waals surface area contributed by atoms with Crippen LogP contribution in [0.25, 0.3) is 22.2 Å². The molecule has 9 nitrogen and oxygen atoms in total. The lowest BCUT2D eigenvalue weighted by Gasteiger charge is -2.12. The van der Waals surface area contributed by atoms with Gasteiger partial charge in [0.25, 0.3) is 0 Å². The van der Waals surface area contributed by atoms with Gasteiger partial charge in [0.1, 0.15) is 12.1 Å². The van der Waals surface area contributed by atoms with Crippen LogP contribution in [0, 0.1) is 0 Å². The zero-order valence-electron chi connectivity index (χ0n) is 18.8. The fourth-order valence-corrected chi connectivity index (χ4v) is 3.94. The van der Waals surface area contributed by atoms with Crippen LogP contribution in [0.5, 0.6) is 11.8 Å². The largest absolute Gasteiger partial charge is 0.447 e. The number of aromatic nitrogens is 4. The Bertz CT molecular complexity index is 1320. The van der Waals surface area contributed by atoms with Crippen LogP contribution in [0.3, 0.4) is 0 Å². The number of anilines is 2. The number of carbonyl (C=O) groups excluding carboxylic acids is 1. The Morgan fingerprint density at radius 3 is 2.58 bits per heavy atom. The number of fused-ring (bicyclic) bond motifs is 1. The normalized spacial score (nSPS) is 13.5. The van der Waals surface area contributed by atoms with Gasteiger partial charge in [-0.15, -0.1) is 0 Å². The number of ether oxygens (including phenoxy) is 2. The van der Waals surface area contributed by atoms with Crippen molar-refractivity contribution in [3.63, 3.8) is 0 Å². The zero-order chi connectivity index (χ0) is 23.1. The number of hydrogen-bond acceptors (Lipinski definition) is 6. The summed E-state index contributed by atoms with van der Waals surface area (Å²) in [7, 11) is 1.78. The zero-order valence-corrected chi connectivity index (χ0v) is 18.8. The average Bonchev–Trinajstić information content (AvgIpc) is 3.47. The van der Waals surface area contributed by atoms with Crippen molar-refractivity contribution in [3.05, 3.63) is 48.8 Å². The van der Waals surface area contributed by atoms with E-state index in [1.807, 2.05) is 56.3 Å². The van der Waals surface area contributed by atoms with Crippen molar-refractivity contribution in [3.8, 4) is 23.0 Å². The number of hydrogen-bond donors (Lipinski definition) is 2. The van der Waals surface area contributed by atoms with E-state index in [4.69, 9.17) is 15.2 Å². The van der Waals surface area contributed by atoms with Gasteiger partial charge in [-0.1, -0.05) is 12.1 Å². The molecule has 33 heavy (non-hydrogen) atoms. The maximum atomic E-state index is 11.9. The lowest BCUT2D eigenvalue weighted by molar-refractivity contribution is 0.130. The molecule has 0 unspecified atom stereocenters. The van der Waals surface area contributed by atoms with Crippen molar-refractivity contribution in [1.82, 2.24) is 19.3 Å². The number of nitrogens with two attached hydrogens (primary N) is 1. The Morgan fingerprint density at radius 2 is 1.94 bits per heavy atom. The molecule has 0 atom stereocenters. The van der Waals surface area contributed by atoms with Gasteiger partial charge in [0.2, 0.25) is 0 Å². The van der Waals surface area contributed by atoms with Gasteiger partial charge < -0.3 is 19.8 Å². The van der Waals surface area contributed by atoms with Crippen molar-refractivity contribution >= 4 is 28.4 Å². The van der Waals surface area contributed by atoms with Gasteiger partial charge in [-0.05, 0) is 51.0 Å².